The van der Waals surface area contributed by atoms with Gasteiger partial charge >= 0.3 is 0 Å². The van der Waals surface area contributed by atoms with Gasteiger partial charge in [-0.15, -0.1) is 0 Å². The zero-order valence-electron chi connectivity index (χ0n) is 9.58. The van der Waals surface area contributed by atoms with Crippen LogP contribution in [0.25, 0.3) is 0 Å². The molecule has 0 bridgehead atoms. The topological polar surface area (TPSA) is 21.3 Å². The Bertz CT molecular complexity index is 334. The van der Waals surface area contributed by atoms with Crippen molar-refractivity contribution in [1.82, 2.24) is 5.32 Å². The fourth-order valence-corrected chi connectivity index (χ4v) is 2.38. The third-order valence-electron chi connectivity index (χ3n) is 3.18. The zero-order valence-corrected chi connectivity index (χ0v) is 10.3. The minimum Gasteiger partial charge on any atom is -0.490 e. The molecule has 1 saturated carbocycles. The summed E-state index contributed by atoms with van der Waals surface area (Å²) in [5.41, 5.74) is 0. The van der Waals surface area contributed by atoms with E-state index < -0.39 is 0 Å². The van der Waals surface area contributed by atoms with Gasteiger partial charge in [-0.05, 0) is 50.9 Å². The molecule has 0 atom stereocenters. The number of halogens is 1. The monoisotopic (exact) mass is 239 g/mol. The predicted octanol–water partition coefficient (Wildman–Crippen LogP) is 3.25. The molecule has 16 heavy (non-hydrogen) atoms. The number of nitrogens with one attached hydrogen (secondary N) is 1. The maximum atomic E-state index is 5.92. The molecule has 2 rings (SSSR count). The first-order chi connectivity index (χ1) is 7.78. The lowest BCUT2D eigenvalue weighted by Gasteiger charge is -2.28. The molecule has 0 aromatic heterocycles. The van der Waals surface area contributed by atoms with Crippen molar-refractivity contribution in [1.29, 1.82) is 0 Å². The minimum atomic E-state index is 0.350. The van der Waals surface area contributed by atoms with Gasteiger partial charge in [-0.25, -0.2) is 0 Å². The summed E-state index contributed by atoms with van der Waals surface area (Å²) in [5.74, 6) is 0.889. The molecule has 0 radical (unpaired) electrons. The van der Waals surface area contributed by atoms with Crippen molar-refractivity contribution in [3.8, 4) is 5.75 Å². The maximum absolute atomic E-state index is 5.92. The smallest absolute Gasteiger partial charge is 0.121 e. The number of benzene rings is 1. The number of ether oxygens (including phenoxy) is 1. The van der Waals surface area contributed by atoms with Crippen LogP contribution in [-0.2, 0) is 0 Å². The van der Waals surface area contributed by atoms with Crippen molar-refractivity contribution >= 4 is 11.6 Å². The fraction of sp³-hybridized carbons (Fsp3) is 0.538. The SMILES string of the molecule is CNC1CCC(Oc2cccc(Cl)c2)CC1. The molecule has 1 aromatic carbocycles. The highest BCUT2D eigenvalue weighted by Gasteiger charge is 2.21. The van der Waals surface area contributed by atoms with E-state index in [0.717, 1.165) is 23.6 Å². The minimum absolute atomic E-state index is 0.350. The average Bonchev–Trinajstić information content (AvgIpc) is 2.30. The molecule has 1 aliphatic rings. The van der Waals surface area contributed by atoms with E-state index in [1.54, 1.807) is 0 Å². The van der Waals surface area contributed by atoms with E-state index in [1.165, 1.54) is 12.8 Å². The second-order valence-corrected chi connectivity index (χ2v) is 4.77. The number of hydrogen-bond acceptors (Lipinski definition) is 2. The summed E-state index contributed by atoms with van der Waals surface area (Å²) in [6, 6.07) is 8.31. The summed E-state index contributed by atoms with van der Waals surface area (Å²) in [6.07, 6.45) is 4.99. The molecule has 1 fully saturated rings. The van der Waals surface area contributed by atoms with E-state index in [2.05, 4.69) is 5.32 Å². The molecule has 0 unspecified atom stereocenters. The summed E-state index contributed by atoms with van der Waals surface area (Å²) in [7, 11) is 2.03. The van der Waals surface area contributed by atoms with E-state index in [-0.39, 0.29) is 0 Å². The van der Waals surface area contributed by atoms with Gasteiger partial charge in [-0.3, -0.25) is 0 Å². The highest BCUT2D eigenvalue weighted by molar-refractivity contribution is 6.30. The molecule has 1 aromatic rings. The van der Waals surface area contributed by atoms with Gasteiger partial charge < -0.3 is 10.1 Å². The number of rotatable bonds is 3. The Balaban J connectivity index is 1.87. The Morgan fingerprint density at radius 2 is 2.00 bits per heavy atom. The van der Waals surface area contributed by atoms with Gasteiger partial charge in [0.15, 0.2) is 0 Å². The van der Waals surface area contributed by atoms with Crippen molar-refractivity contribution in [2.45, 2.75) is 37.8 Å². The molecule has 88 valence electrons. The summed E-state index contributed by atoms with van der Waals surface area (Å²) in [4.78, 5) is 0. The van der Waals surface area contributed by atoms with Crippen LogP contribution in [-0.4, -0.2) is 19.2 Å². The van der Waals surface area contributed by atoms with E-state index in [0.29, 0.717) is 12.1 Å². The van der Waals surface area contributed by atoms with Gasteiger partial charge in [-0.2, -0.15) is 0 Å². The highest BCUT2D eigenvalue weighted by atomic mass is 35.5. The molecular weight excluding hydrogens is 222 g/mol. The summed E-state index contributed by atoms with van der Waals surface area (Å²) >= 11 is 5.92. The lowest BCUT2D eigenvalue weighted by Crippen LogP contribution is -2.34. The van der Waals surface area contributed by atoms with Gasteiger partial charge in [0.05, 0.1) is 6.10 Å². The molecule has 0 aliphatic heterocycles. The molecular formula is C13H18ClNO. The summed E-state index contributed by atoms with van der Waals surface area (Å²) < 4.78 is 5.92. The van der Waals surface area contributed by atoms with Crippen LogP contribution in [0.4, 0.5) is 0 Å². The Hall–Kier alpha value is -0.730. The molecule has 1 aliphatic carbocycles. The molecule has 2 nitrogen and oxygen atoms in total. The molecule has 1 N–H and O–H groups in total. The van der Waals surface area contributed by atoms with Crippen LogP contribution < -0.4 is 10.1 Å². The molecule has 3 heteroatoms. The Morgan fingerprint density at radius 3 is 2.62 bits per heavy atom. The molecule has 0 spiro atoms. The standard InChI is InChI=1S/C13H18ClNO/c1-15-11-5-7-12(8-6-11)16-13-4-2-3-10(14)9-13/h2-4,9,11-12,15H,5-8H2,1H3. The summed E-state index contributed by atoms with van der Waals surface area (Å²) in [6.45, 7) is 0. The zero-order chi connectivity index (χ0) is 11.4. The van der Waals surface area contributed by atoms with Crippen LogP contribution in [0.2, 0.25) is 5.02 Å². The third kappa shape index (κ3) is 3.13. The number of hydrogen-bond donors (Lipinski definition) is 1. The van der Waals surface area contributed by atoms with E-state index in [1.807, 2.05) is 31.3 Å². The van der Waals surface area contributed by atoms with E-state index >= 15 is 0 Å². The van der Waals surface area contributed by atoms with Crippen LogP contribution in [0.1, 0.15) is 25.7 Å². The Kier molecular flexibility index (Phi) is 4.08. The van der Waals surface area contributed by atoms with Crippen LogP contribution >= 0.6 is 11.6 Å². The average molecular weight is 240 g/mol. The van der Waals surface area contributed by atoms with Crippen LogP contribution in [0, 0.1) is 0 Å². The quantitative estimate of drug-likeness (QED) is 0.875. The highest BCUT2D eigenvalue weighted by Crippen LogP contribution is 2.25. The van der Waals surface area contributed by atoms with Crippen LogP contribution in [0.5, 0.6) is 5.75 Å². The van der Waals surface area contributed by atoms with Gasteiger partial charge in [-0.1, -0.05) is 17.7 Å². The largest absolute Gasteiger partial charge is 0.490 e. The van der Waals surface area contributed by atoms with Crippen LogP contribution in [0.15, 0.2) is 24.3 Å². The lowest BCUT2D eigenvalue weighted by atomic mass is 9.93. The van der Waals surface area contributed by atoms with E-state index in [4.69, 9.17) is 16.3 Å². The maximum Gasteiger partial charge on any atom is 0.121 e. The van der Waals surface area contributed by atoms with Crippen molar-refractivity contribution in [3.05, 3.63) is 29.3 Å². The van der Waals surface area contributed by atoms with Gasteiger partial charge in [0, 0.05) is 11.1 Å². The third-order valence-corrected chi connectivity index (χ3v) is 3.42. The van der Waals surface area contributed by atoms with Crippen molar-refractivity contribution in [3.63, 3.8) is 0 Å². The first kappa shape index (κ1) is 11.7. The van der Waals surface area contributed by atoms with Gasteiger partial charge in [0.2, 0.25) is 0 Å². The van der Waals surface area contributed by atoms with Crippen molar-refractivity contribution < 1.29 is 4.74 Å². The van der Waals surface area contributed by atoms with Crippen molar-refractivity contribution in [2.24, 2.45) is 0 Å². The summed E-state index contributed by atoms with van der Waals surface area (Å²) in [5, 5.41) is 4.06. The second kappa shape index (κ2) is 5.55. The molecule has 0 saturated heterocycles. The first-order valence-corrected chi connectivity index (χ1v) is 6.25. The fourth-order valence-electron chi connectivity index (χ4n) is 2.20. The van der Waals surface area contributed by atoms with Crippen molar-refractivity contribution in [2.75, 3.05) is 7.05 Å². The Labute approximate surface area is 102 Å². The van der Waals surface area contributed by atoms with Gasteiger partial charge in [0.1, 0.15) is 5.75 Å². The second-order valence-electron chi connectivity index (χ2n) is 4.34. The Morgan fingerprint density at radius 1 is 1.25 bits per heavy atom. The first-order valence-electron chi connectivity index (χ1n) is 5.87. The molecule has 0 amide bonds. The van der Waals surface area contributed by atoms with Gasteiger partial charge in [0.25, 0.3) is 0 Å². The lowest BCUT2D eigenvalue weighted by molar-refractivity contribution is 0.141. The molecule has 0 heterocycles. The van der Waals surface area contributed by atoms with Crippen LogP contribution in [0.3, 0.4) is 0 Å². The van der Waals surface area contributed by atoms with E-state index in [9.17, 15) is 0 Å². The normalized spacial score (nSPS) is 25.4. The predicted molar refractivity (Wildman–Crippen MR) is 67.2 cm³/mol.